The van der Waals surface area contributed by atoms with Crippen LogP contribution in [0.5, 0.6) is 0 Å². The predicted molar refractivity (Wildman–Crippen MR) is 125 cm³/mol. The van der Waals surface area contributed by atoms with Gasteiger partial charge in [-0.2, -0.15) is 0 Å². The number of nitrogens with zero attached hydrogens (tertiary/aromatic N) is 1. The van der Waals surface area contributed by atoms with Crippen LogP contribution in [0.3, 0.4) is 0 Å². The van der Waals surface area contributed by atoms with Crippen LogP contribution in [0.2, 0.25) is 0 Å². The molecule has 0 saturated heterocycles. The van der Waals surface area contributed by atoms with Gasteiger partial charge in [0.25, 0.3) is 0 Å². The summed E-state index contributed by atoms with van der Waals surface area (Å²) in [6, 6.07) is 24.4. The molecule has 3 aromatic carbocycles. The molecule has 0 atom stereocenters. The molecule has 28 heavy (non-hydrogen) atoms. The summed E-state index contributed by atoms with van der Waals surface area (Å²) in [5.41, 5.74) is 6.66. The van der Waals surface area contributed by atoms with Crippen LogP contribution in [0.25, 0.3) is 31.3 Å². The van der Waals surface area contributed by atoms with Gasteiger partial charge in [-0.15, -0.1) is 22.7 Å². The van der Waals surface area contributed by atoms with Crippen LogP contribution in [-0.2, 0) is 0 Å². The zero-order valence-electron chi connectivity index (χ0n) is 15.2. The highest BCUT2D eigenvalue weighted by molar-refractivity contribution is 7.32. The number of hydrogen-bond donors (Lipinski definition) is 1. The molecule has 0 radical (unpaired) electrons. The lowest BCUT2D eigenvalue weighted by Gasteiger charge is -2.31. The Hall–Kier alpha value is -2.76. The van der Waals surface area contributed by atoms with Gasteiger partial charge in [0.1, 0.15) is 5.00 Å². The first-order chi connectivity index (χ1) is 13.8. The maximum absolute atomic E-state index is 3.88. The summed E-state index contributed by atoms with van der Waals surface area (Å²) in [7, 11) is 0. The first-order valence-corrected chi connectivity index (χ1v) is 11.1. The van der Waals surface area contributed by atoms with Crippen LogP contribution in [-0.4, -0.2) is 6.98 Å². The molecule has 0 amide bonds. The van der Waals surface area contributed by atoms with Gasteiger partial charge in [-0.3, -0.25) is 0 Å². The highest BCUT2D eigenvalue weighted by Crippen LogP contribution is 2.54. The van der Waals surface area contributed by atoms with Crippen LogP contribution in [0.4, 0.5) is 16.4 Å². The molecule has 2 nitrogen and oxygen atoms in total. The van der Waals surface area contributed by atoms with Gasteiger partial charge in [-0.25, -0.2) is 0 Å². The van der Waals surface area contributed by atoms with Gasteiger partial charge in [0, 0.05) is 36.4 Å². The lowest BCUT2D eigenvalue weighted by atomic mass is 9.66. The third kappa shape index (κ3) is 1.79. The van der Waals surface area contributed by atoms with E-state index >= 15 is 0 Å². The van der Waals surface area contributed by atoms with Crippen molar-refractivity contribution in [2.75, 3.05) is 10.0 Å². The zero-order chi connectivity index (χ0) is 18.4. The molecule has 0 fully saturated rings. The first-order valence-electron chi connectivity index (χ1n) is 9.49. The summed E-state index contributed by atoms with van der Waals surface area (Å²) in [6.45, 7) is 2.36. The van der Waals surface area contributed by atoms with Crippen molar-refractivity contribution in [2.45, 2.75) is 6.92 Å². The number of nitrogens with one attached hydrogen (secondary N) is 1. The van der Waals surface area contributed by atoms with Gasteiger partial charge in [-0.05, 0) is 36.6 Å². The van der Waals surface area contributed by atoms with Crippen molar-refractivity contribution in [3.63, 3.8) is 0 Å². The molecule has 5 heteroatoms. The first kappa shape index (κ1) is 15.2. The van der Waals surface area contributed by atoms with E-state index in [9.17, 15) is 0 Å². The largest absolute Gasteiger partial charge is 0.425 e. The molecule has 5 aromatic rings. The van der Waals surface area contributed by atoms with Crippen LogP contribution in [0, 0.1) is 6.92 Å². The Kier molecular flexibility index (Phi) is 2.82. The van der Waals surface area contributed by atoms with Gasteiger partial charge in [-0.1, -0.05) is 48.0 Å². The lowest BCUT2D eigenvalue weighted by molar-refractivity contribution is 1.40. The van der Waals surface area contributed by atoms with Crippen molar-refractivity contribution < 1.29 is 0 Å². The fourth-order valence-corrected chi connectivity index (χ4v) is 7.16. The second-order valence-electron chi connectivity index (χ2n) is 7.55. The van der Waals surface area contributed by atoms with E-state index in [1.807, 2.05) is 22.7 Å². The highest BCUT2D eigenvalue weighted by atomic mass is 32.1. The monoisotopic (exact) mass is 394 g/mol. The van der Waals surface area contributed by atoms with Crippen molar-refractivity contribution in [1.29, 1.82) is 0 Å². The normalized spacial score (nSPS) is 14.0. The molecule has 7 rings (SSSR count). The minimum absolute atomic E-state index is 0.175. The van der Waals surface area contributed by atoms with E-state index in [1.54, 1.807) is 0 Å². The molecule has 2 aliphatic heterocycles. The summed E-state index contributed by atoms with van der Waals surface area (Å²) < 4.78 is 4.13. The van der Waals surface area contributed by atoms with E-state index in [2.05, 4.69) is 83.7 Å². The van der Waals surface area contributed by atoms with E-state index in [0.717, 1.165) is 0 Å². The van der Waals surface area contributed by atoms with Gasteiger partial charge in [0.15, 0.2) is 0 Å². The average Bonchev–Trinajstić information content (AvgIpc) is 3.37. The Morgan fingerprint density at radius 1 is 0.857 bits per heavy atom. The minimum atomic E-state index is 0.175. The van der Waals surface area contributed by atoms with Crippen LogP contribution in [0.15, 0.2) is 66.7 Å². The molecule has 132 valence electrons. The van der Waals surface area contributed by atoms with Crippen molar-refractivity contribution in [2.24, 2.45) is 0 Å². The molecule has 4 heterocycles. The minimum Gasteiger partial charge on any atom is -0.402 e. The summed E-state index contributed by atoms with van der Waals surface area (Å²) in [4.78, 5) is 2.52. The molecule has 0 spiro atoms. The number of fused-ring (bicyclic) bond motifs is 12. The standard InChI is InChI=1S/C23H15BN2S2/c1-13-10-11-17-16(12-13)20-14-6-2-4-8-18(14)27-22(20)24-25-21-15-7-3-5-9-19(15)28-23(21)26(17)24/h2-12,25H,1H3. The quantitative estimate of drug-likeness (QED) is 0.307. The van der Waals surface area contributed by atoms with Crippen LogP contribution >= 0.6 is 22.7 Å². The molecule has 0 unspecified atom stereocenters. The van der Waals surface area contributed by atoms with E-state index in [0.29, 0.717) is 0 Å². The smallest absolute Gasteiger partial charge is 0.402 e. The van der Waals surface area contributed by atoms with Crippen molar-refractivity contribution in [3.05, 3.63) is 72.3 Å². The molecule has 0 bridgehead atoms. The Balaban J connectivity index is 1.59. The maximum Gasteiger partial charge on any atom is 0.425 e. The van der Waals surface area contributed by atoms with Gasteiger partial charge in [0.2, 0.25) is 0 Å². The zero-order valence-corrected chi connectivity index (χ0v) is 16.8. The molecule has 0 saturated carbocycles. The van der Waals surface area contributed by atoms with Crippen molar-refractivity contribution in [3.8, 4) is 11.1 Å². The van der Waals surface area contributed by atoms with E-state index in [1.165, 1.54) is 58.0 Å². The maximum atomic E-state index is 3.88. The summed E-state index contributed by atoms with van der Waals surface area (Å²) in [6.07, 6.45) is 0. The molecule has 2 aliphatic rings. The summed E-state index contributed by atoms with van der Waals surface area (Å²) in [5, 5.41) is 7.91. The topological polar surface area (TPSA) is 15.3 Å². The second kappa shape index (κ2) is 5.19. The van der Waals surface area contributed by atoms with Crippen LogP contribution < -0.4 is 14.8 Å². The SMILES string of the molecule is Cc1ccc2c(c1)-c1c(sc3ccccc13)B1Nc3c(sc4ccccc34)N12. The van der Waals surface area contributed by atoms with E-state index in [-0.39, 0.29) is 6.98 Å². The molecule has 1 N–H and O–H groups in total. The van der Waals surface area contributed by atoms with Crippen molar-refractivity contribution in [1.82, 2.24) is 0 Å². The number of thiophene rings is 2. The summed E-state index contributed by atoms with van der Waals surface area (Å²) in [5.74, 6) is 0. The molecule has 0 aliphatic carbocycles. The fraction of sp³-hybridized carbons (Fsp3) is 0.0435. The lowest BCUT2D eigenvalue weighted by Crippen LogP contribution is -2.49. The summed E-state index contributed by atoms with van der Waals surface area (Å²) >= 11 is 3.81. The number of hydrogen-bond acceptors (Lipinski definition) is 4. The average molecular weight is 394 g/mol. The fourth-order valence-electron chi connectivity index (χ4n) is 4.69. The molecular weight excluding hydrogens is 379 g/mol. The Morgan fingerprint density at radius 3 is 2.46 bits per heavy atom. The number of rotatable bonds is 0. The third-order valence-corrected chi connectivity index (χ3v) is 8.28. The van der Waals surface area contributed by atoms with Crippen molar-refractivity contribution >= 4 is 71.0 Å². The van der Waals surface area contributed by atoms with E-state index < -0.39 is 0 Å². The van der Waals surface area contributed by atoms with E-state index in [4.69, 9.17) is 0 Å². The van der Waals surface area contributed by atoms with Gasteiger partial charge < -0.3 is 10.0 Å². The number of anilines is 3. The van der Waals surface area contributed by atoms with Gasteiger partial charge in [0.05, 0.1) is 5.69 Å². The van der Waals surface area contributed by atoms with Gasteiger partial charge >= 0.3 is 6.98 Å². The Morgan fingerprint density at radius 2 is 1.61 bits per heavy atom. The third-order valence-electron chi connectivity index (χ3n) is 5.89. The Labute approximate surface area is 171 Å². The predicted octanol–water partition coefficient (Wildman–Crippen LogP) is 6.36. The number of benzene rings is 3. The van der Waals surface area contributed by atoms with Crippen LogP contribution in [0.1, 0.15) is 5.56 Å². The number of aryl methyl sites for hydroxylation is 1. The Bertz CT molecular complexity index is 1430. The molecular formula is C23H15BN2S2. The second-order valence-corrected chi connectivity index (χ2v) is 9.67. The molecule has 2 aromatic heterocycles. The highest BCUT2D eigenvalue weighted by Gasteiger charge is 2.45.